The first-order valence-corrected chi connectivity index (χ1v) is 8.36. The van der Waals surface area contributed by atoms with Gasteiger partial charge < -0.3 is 21.1 Å². The van der Waals surface area contributed by atoms with Gasteiger partial charge in [0.1, 0.15) is 5.75 Å². The second-order valence-electron chi connectivity index (χ2n) is 5.02. The number of rotatable bonds is 7. The van der Waals surface area contributed by atoms with Crippen molar-refractivity contribution in [2.24, 2.45) is 5.73 Å². The van der Waals surface area contributed by atoms with E-state index >= 15 is 0 Å². The molecular formula is C17H16IN3O4. The van der Waals surface area contributed by atoms with Gasteiger partial charge in [-0.05, 0) is 65.1 Å². The molecule has 0 aromatic heterocycles. The standard InChI is InChI=1S/C17H16IN3O4/c18-12-4-6-14(7-5-12)25-10-16(23)21-13-3-1-2-11(8-13)17(24)20-9-15(19)22/h1-8H,9-10H2,(H2,19,22)(H,20,24)(H,21,23). The predicted molar refractivity (Wildman–Crippen MR) is 101 cm³/mol. The SMILES string of the molecule is NC(=O)CNC(=O)c1cccc(NC(=O)COc2ccc(I)cc2)c1. The molecule has 0 aliphatic carbocycles. The lowest BCUT2D eigenvalue weighted by Gasteiger charge is -2.09. The second kappa shape index (κ2) is 9.02. The molecule has 0 fully saturated rings. The summed E-state index contributed by atoms with van der Waals surface area (Å²) >= 11 is 2.18. The van der Waals surface area contributed by atoms with Gasteiger partial charge in [0.2, 0.25) is 5.91 Å². The van der Waals surface area contributed by atoms with Crippen LogP contribution in [0, 0.1) is 3.57 Å². The average molecular weight is 453 g/mol. The van der Waals surface area contributed by atoms with Gasteiger partial charge in [-0.3, -0.25) is 14.4 Å². The van der Waals surface area contributed by atoms with Crippen molar-refractivity contribution in [3.63, 3.8) is 0 Å². The van der Waals surface area contributed by atoms with Gasteiger partial charge in [0, 0.05) is 14.8 Å². The van der Waals surface area contributed by atoms with Crippen LogP contribution in [0.3, 0.4) is 0 Å². The lowest BCUT2D eigenvalue weighted by molar-refractivity contribution is -0.118. The smallest absolute Gasteiger partial charge is 0.262 e. The number of hydrogen-bond donors (Lipinski definition) is 3. The Morgan fingerprint density at radius 3 is 2.48 bits per heavy atom. The van der Waals surface area contributed by atoms with Crippen LogP contribution in [-0.2, 0) is 9.59 Å². The van der Waals surface area contributed by atoms with Gasteiger partial charge in [0.25, 0.3) is 11.8 Å². The summed E-state index contributed by atoms with van der Waals surface area (Å²) in [6, 6.07) is 13.6. The summed E-state index contributed by atoms with van der Waals surface area (Å²) in [7, 11) is 0. The number of halogens is 1. The maximum atomic E-state index is 11.9. The number of carbonyl (C=O) groups is 3. The largest absolute Gasteiger partial charge is 0.484 e. The molecule has 2 aromatic carbocycles. The van der Waals surface area contributed by atoms with E-state index in [4.69, 9.17) is 10.5 Å². The van der Waals surface area contributed by atoms with E-state index in [2.05, 4.69) is 33.2 Å². The normalized spacial score (nSPS) is 9.96. The van der Waals surface area contributed by atoms with E-state index in [1.807, 2.05) is 12.1 Å². The molecule has 8 heteroatoms. The number of nitrogens with one attached hydrogen (secondary N) is 2. The molecule has 2 rings (SSSR count). The molecule has 0 bridgehead atoms. The Labute approximate surface area is 158 Å². The molecular weight excluding hydrogens is 437 g/mol. The van der Waals surface area contributed by atoms with Gasteiger partial charge in [-0.25, -0.2) is 0 Å². The van der Waals surface area contributed by atoms with Crippen molar-refractivity contribution in [1.82, 2.24) is 5.32 Å². The Bertz CT molecular complexity index is 778. The number of carbonyl (C=O) groups excluding carboxylic acids is 3. The van der Waals surface area contributed by atoms with Crippen LogP contribution in [0.2, 0.25) is 0 Å². The summed E-state index contributed by atoms with van der Waals surface area (Å²) in [5.41, 5.74) is 5.73. The minimum atomic E-state index is -0.634. The molecule has 0 spiro atoms. The third kappa shape index (κ3) is 6.42. The molecule has 0 saturated heterocycles. The van der Waals surface area contributed by atoms with E-state index in [1.165, 1.54) is 6.07 Å². The fraction of sp³-hybridized carbons (Fsp3) is 0.118. The molecule has 0 radical (unpaired) electrons. The minimum absolute atomic E-state index is 0.154. The van der Waals surface area contributed by atoms with Gasteiger partial charge in [-0.1, -0.05) is 6.07 Å². The molecule has 130 valence electrons. The molecule has 7 nitrogen and oxygen atoms in total. The maximum absolute atomic E-state index is 11.9. The molecule has 0 aliphatic rings. The summed E-state index contributed by atoms with van der Waals surface area (Å²) in [5.74, 6) is -0.848. The van der Waals surface area contributed by atoms with Crippen molar-refractivity contribution >= 4 is 46.0 Å². The van der Waals surface area contributed by atoms with Crippen LogP contribution in [0.25, 0.3) is 0 Å². The van der Waals surface area contributed by atoms with Gasteiger partial charge in [-0.2, -0.15) is 0 Å². The Balaban J connectivity index is 1.89. The fourth-order valence-corrected chi connectivity index (χ4v) is 2.24. The summed E-state index contributed by atoms with van der Waals surface area (Å²) in [6.07, 6.45) is 0. The summed E-state index contributed by atoms with van der Waals surface area (Å²) in [6.45, 7) is -0.405. The van der Waals surface area contributed by atoms with Crippen LogP contribution in [0.4, 0.5) is 5.69 Å². The van der Waals surface area contributed by atoms with Crippen molar-refractivity contribution in [1.29, 1.82) is 0 Å². The number of anilines is 1. The van der Waals surface area contributed by atoms with Crippen LogP contribution < -0.4 is 21.1 Å². The molecule has 0 atom stereocenters. The summed E-state index contributed by atoms with van der Waals surface area (Å²) in [4.78, 5) is 34.5. The third-order valence-electron chi connectivity index (χ3n) is 3.02. The first-order chi connectivity index (χ1) is 11.9. The summed E-state index contributed by atoms with van der Waals surface area (Å²) < 4.78 is 6.46. The number of nitrogens with two attached hydrogens (primary N) is 1. The van der Waals surface area contributed by atoms with Crippen molar-refractivity contribution in [2.45, 2.75) is 0 Å². The number of primary amides is 1. The quantitative estimate of drug-likeness (QED) is 0.553. The topological polar surface area (TPSA) is 111 Å². The van der Waals surface area contributed by atoms with Crippen LogP contribution in [0.15, 0.2) is 48.5 Å². The van der Waals surface area contributed by atoms with Crippen LogP contribution in [-0.4, -0.2) is 30.9 Å². The van der Waals surface area contributed by atoms with E-state index in [0.717, 1.165) is 3.57 Å². The predicted octanol–water partition coefficient (Wildman–Crippen LogP) is 1.52. The molecule has 0 heterocycles. The molecule has 3 amide bonds. The van der Waals surface area contributed by atoms with Gasteiger partial charge in [0.05, 0.1) is 6.54 Å². The van der Waals surface area contributed by atoms with Gasteiger partial charge >= 0.3 is 0 Å². The van der Waals surface area contributed by atoms with E-state index in [9.17, 15) is 14.4 Å². The molecule has 0 aliphatic heterocycles. The second-order valence-corrected chi connectivity index (χ2v) is 6.27. The lowest BCUT2D eigenvalue weighted by atomic mass is 10.2. The molecule has 0 unspecified atom stereocenters. The Morgan fingerprint density at radius 2 is 1.80 bits per heavy atom. The third-order valence-corrected chi connectivity index (χ3v) is 3.73. The molecule has 2 aromatic rings. The van der Waals surface area contributed by atoms with E-state index < -0.39 is 11.8 Å². The minimum Gasteiger partial charge on any atom is -0.484 e. The van der Waals surface area contributed by atoms with Gasteiger partial charge in [-0.15, -0.1) is 0 Å². The van der Waals surface area contributed by atoms with Crippen LogP contribution >= 0.6 is 22.6 Å². The monoisotopic (exact) mass is 453 g/mol. The van der Waals surface area contributed by atoms with E-state index in [1.54, 1.807) is 30.3 Å². The zero-order valence-corrected chi connectivity index (χ0v) is 15.3. The first-order valence-electron chi connectivity index (χ1n) is 7.29. The molecule has 25 heavy (non-hydrogen) atoms. The highest BCUT2D eigenvalue weighted by molar-refractivity contribution is 14.1. The zero-order chi connectivity index (χ0) is 18.2. The van der Waals surface area contributed by atoms with Gasteiger partial charge in [0.15, 0.2) is 6.61 Å². The Hall–Kier alpha value is -2.62. The van der Waals surface area contributed by atoms with Crippen molar-refractivity contribution in [3.8, 4) is 5.75 Å². The number of amides is 3. The number of benzene rings is 2. The number of hydrogen-bond acceptors (Lipinski definition) is 4. The number of ether oxygens (including phenoxy) is 1. The average Bonchev–Trinajstić information content (AvgIpc) is 2.59. The Kier molecular flexibility index (Phi) is 6.75. The van der Waals surface area contributed by atoms with Crippen LogP contribution in [0.1, 0.15) is 10.4 Å². The highest BCUT2D eigenvalue weighted by Gasteiger charge is 2.09. The fourth-order valence-electron chi connectivity index (χ4n) is 1.88. The maximum Gasteiger partial charge on any atom is 0.262 e. The highest BCUT2D eigenvalue weighted by Crippen LogP contribution is 2.14. The molecule has 4 N–H and O–H groups in total. The van der Waals surface area contributed by atoms with Crippen molar-refractivity contribution in [2.75, 3.05) is 18.5 Å². The molecule has 0 saturated carbocycles. The first kappa shape index (κ1) is 18.7. The van der Waals surface area contributed by atoms with E-state index in [-0.39, 0.29) is 19.1 Å². The van der Waals surface area contributed by atoms with Crippen LogP contribution in [0.5, 0.6) is 5.75 Å². The highest BCUT2D eigenvalue weighted by atomic mass is 127. The lowest BCUT2D eigenvalue weighted by Crippen LogP contribution is -2.33. The summed E-state index contributed by atoms with van der Waals surface area (Å²) in [5, 5.41) is 5.03. The van der Waals surface area contributed by atoms with Crippen molar-refractivity contribution in [3.05, 3.63) is 57.7 Å². The van der Waals surface area contributed by atoms with Crippen molar-refractivity contribution < 1.29 is 19.1 Å². The van der Waals surface area contributed by atoms with E-state index in [0.29, 0.717) is 17.0 Å². The Morgan fingerprint density at radius 1 is 1.08 bits per heavy atom. The zero-order valence-electron chi connectivity index (χ0n) is 13.1.